The van der Waals surface area contributed by atoms with Gasteiger partial charge in [-0.05, 0) is 59.6 Å². The van der Waals surface area contributed by atoms with E-state index in [-0.39, 0.29) is 11.7 Å². The molecule has 178 valence electrons. The molecule has 1 aliphatic heterocycles. The molecule has 6 heteroatoms. The minimum Gasteiger partial charge on any atom is -0.485 e. The lowest BCUT2D eigenvalue weighted by molar-refractivity contribution is 0.0595. The van der Waals surface area contributed by atoms with Crippen LogP contribution in [0.25, 0.3) is 10.8 Å². The van der Waals surface area contributed by atoms with Crippen molar-refractivity contribution < 1.29 is 18.7 Å². The Balaban J connectivity index is 1.30. The molecule has 0 radical (unpaired) electrons. The number of methoxy groups -OCH3 is 1. The standard InChI is InChI=1S/C29H27FN2O3/c1-34-29(33)25-17-22(13-14-26(25)30)32-19-23(35-28-12-5-4-11-27(28)32)18-31-16-15-21-9-6-8-20-7-2-3-10-24(20)21/h2-14,17,23,31H,15-16,18-19H2,1H3/t23-/m1/s1. The van der Waals surface area contributed by atoms with Crippen molar-refractivity contribution in [2.75, 3.05) is 31.6 Å². The number of fused-ring (bicyclic) bond motifs is 2. The number of nitrogens with one attached hydrogen (secondary N) is 1. The quantitative estimate of drug-likeness (QED) is 0.286. The number of anilines is 2. The second-order valence-corrected chi connectivity index (χ2v) is 8.57. The van der Waals surface area contributed by atoms with E-state index in [1.165, 1.54) is 35.6 Å². The summed E-state index contributed by atoms with van der Waals surface area (Å²) in [7, 11) is 1.25. The number of para-hydroxylation sites is 2. The predicted molar refractivity (Wildman–Crippen MR) is 136 cm³/mol. The number of rotatable bonds is 7. The van der Waals surface area contributed by atoms with Gasteiger partial charge in [-0.15, -0.1) is 0 Å². The van der Waals surface area contributed by atoms with Gasteiger partial charge in [0.1, 0.15) is 17.7 Å². The maximum atomic E-state index is 14.2. The van der Waals surface area contributed by atoms with Gasteiger partial charge in [0.2, 0.25) is 0 Å². The third kappa shape index (κ3) is 4.84. The highest BCUT2D eigenvalue weighted by atomic mass is 19.1. The van der Waals surface area contributed by atoms with Crippen molar-refractivity contribution in [2.24, 2.45) is 0 Å². The number of carbonyl (C=O) groups excluding carboxylic acids is 1. The van der Waals surface area contributed by atoms with Crippen LogP contribution in [0.15, 0.2) is 84.9 Å². The van der Waals surface area contributed by atoms with Crippen molar-refractivity contribution in [1.29, 1.82) is 0 Å². The minimum absolute atomic E-state index is 0.0845. The van der Waals surface area contributed by atoms with Crippen LogP contribution < -0.4 is 15.0 Å². The van der Waals surface area contributed by atoms with Gasteiger partial charge in [0.25, 0.3) is 0 Å². The number of nitrogens with zero attached hydrogens (tertiary/aromatic N) is 1. The third-order valence-electron chi connectivity index (χ3n) is 6.33. The monoisotopic (exact) mass is 470 g/mol. The first-order valence-electron chi connectivity index (χ1n) is 11.7. The number of ether oxygens (including phenoxy) is 2. The minimum atomic E-state index is -0.697. The zero-order valence-corrected chi connectivity index (χ0v) is 19.5. The molecule has 0 unspecified atom stereocenters. The molecule has 0 saturated carbocycles. The molecule has 0 aliphatic carbocycles. The molecule has 35 heavy (non-hydrogen) atoms. The van der Waals surface area contributed by atoms with Crippen molar-refractivity contribution in [3.63, 3.8) is 0 Å². The van der Waals surface area contributed by atoms with Gasteiger partial charge in [0, 0.05) is 12.2 Å². The van der Waals surface area contributed by atoms with Crippen LogP contribution in [-0.4, -0.2) is 38.8 Å². The second-order valence-electron chi connectivity index (χ2n) is 8.57. The summed E-state index contributed by atoms with van der Waals surface area (Å²) in [6.45, 7) is 2.03. The van der Waals surface area contributed by atoms with Gasteiger partial charge in [0.15, 0.2) is 0 Å². The first-order valence-corrected chi connectivity index (χ1v) is 11.7. The van der Waals surface area contributed by atoms with Crippen molar-refractivity contribution >= 4 is 28.1 Å². The molecule has 0 fully saturated rings. The summed E-state index contributed by atoms with van der Waals surface area (Å²) in [5.74, 6) is -0.546. The highest BCUT2D eigenvalue weighted by Gasteiger charge is 2.27. The maximum Gasteiger partial charge on any atom is 0.340 e. The average Bonchev–Trinajstić information content (AvgIpc) is 2.90. The zero-order chi connectivity index (χ0) is 24.2. The Labute approximate surface area is 204 Å². The molecule has 0 aromatic heterocycles. The zero-order valence-electron chi connectivity index (χ0n) is 19.5. The Morgan fingerprint density at radius 3 is 2.74 bits per heavy atom. The molecular weight excluding hydrogens is 443 g/mol. The molecule has 0 saturated heterocycles. The van der Waals surface area contributed by atoms with E-state index < -0.39 is 11.8 Å². The van der Waals surface area contributed by atoms with Crippen LogP contribution in [0, 0.1) is 5.82 Å². The van der Waals surface area contributed by atoms with E-state index in [1.807, 2.05) is 24.3 Å². The maximum absolute atomic E-state index is 14.2. The number of esters is 1. The van der Waals surface area contributed by atoms with Crippen LogP contribution in [0.4, 0.5) is 15.8 Å². The Kier molecular flexibility index (Phi) is 6.64. The van der Waals surface area contributed by atoms with Gasteiger partial charge in [-0.3, -0.25) is 0 Å². The van der Waals surface area contributed by atoms with E-state index >= 15 is 0 Å². The summed E-state index contributed by atoms with van der Waals surface area (Å²) in [6.07, 6.45) is 0.790. The number of hydrogen-bond acceptors (Lipinski definition) is 5. The van der Waals surface area contributed by atoms with E-state index in [0.717, 1.165) is 24.4 Å². The Hall–Kier alpha value is -3.90. The molecule has 1 aliphatic rings. The van der Waals surface area contributed by atoms with E-state index in [1.54, 1.807) is 6.07 Å². The highest BCUT2D eigenvalue weighted by molar-refractivity contribution is 5.91. The predicted octanol–water partition coefficient (Wildman–Crippen LogP) is 5.50. The van der Waals surface area contributed by atoms with Crippen molar-refractivity contribution in [3.05, 3.63) is 102 Å². The molecule has 5 rings (SSSR count). The summed E-state index contributed by atoms with van der Waals surface area (Å²) >= 11 is 0. The molecule has 5 nitrogen and oxygen atoms in total. The van der Waals surface area contributed by atoms with Crippen LogP contribution in [0.3, 0.4) is 0 Å². The lowest BCUT2D eigenvalue weighted by Crippen LogP contribution is -2.43. The fraction of sp³-hybridized carbons (Fsp3) is 0.207. The lowest BCUT2D eigenvalue weighted by Gasteiger charge is -2.36. The molecule has 1 N–H and O–H groups in total. The molecule has 0 bridgehead atoms. The number of benzene rings is 4. The second kappa shape index (κ2) is 10.2. The Morgan fingerprint density at radius 2 is 1.86 bits per heavy atom. The first kappa shape index (κ1) is 22.9. The van der Waals surface area contributed by atoms with Crippen LogP contribution in [0.2, 0.25) is 0 Å². The normalized spacial score (nSPS) is 14.9. The van der Waals surface area contributed by atoms with E-state index in [4.69, 9.17) is 9.47 Å². The molecule has 4 aromatic carbocycles. The van der Waals surface area contributed by atoms with E-state index in [9.17, 15) is 9.18 Å². The van der Waals surface area contributed by atoms with Crippen LogP contribution in [0.5, 0.6) is 5.75 Å². The summed E-state index contributed by atoms with van der Waals surface area (Å²) in [5, 5.41) is 6.06. The number of hydrogen-bond donors (Lipinski definition) is 1. The molecule has 0 amide bonds. The van der Waals surface area contributed by atoms with Crippen molar-refractivity contribution in [1.82, 2.24) is 5.32 Å². The Morgan fingerprint density at radius 1 is 1.06 bits per heavy atom. The summed E-state index contributed by atoms with van der Waals surface area (Å²) in [6, 6.07) is 27.1. The van der Waals surface area contributed by atoms with Crippen molar-refractivity contribution in [3.8, 4) is 5.75 Å². The van der Waals surface area contributed by atoms with Crippen LogP contribution in [0.1, 0.15) is 15.9 Å². The number of halogens is 1. The molecule has 4 aromatic rings. The molecule has 0 spiro atoms. The van der Waals surface area contributed by atoms with Gasteiger partial charge in [-0.1, -0.05) is 54.6 Å². The first-order chi connectivity index (χ1) is 17.1. The molecular formula is C29H27FN2O3. The topological polar surface area (TPSA) is 50.8 Å². The number of carbonyl (C=O) groups is 1. The summed E-state index contributed by atoms with van der Waals surface area (Å²) in [4.78, 5) is 14.1. The summed E-state index contributed by atoms with van der Waals surface area (Å²) < 4.78 is 25.2. The average molecular weight is 471 g/mol. The van der Waals surface area contributed by atoms with E-state index in [2.05, 4.69) is 52.7 Å². The third-order valence-corrected chi connectivity index (χ3v) is 6.33. The Bertz CT molecular complexity index is 1350. The van der Waals surface area contributed by atoms with E-state index in [0.29, 0.717) is 18.8 Å². The van der Waals surface area contributed by atoms with Gasteiger partial charge >= 0.3 is 5.97 Å². The van der Waals surface area contributed by atoms with Crippen molar-refractivity contribution in [2.45, 2.75) is 12.5 Å². The molecule has 1 heterocycles. The highest BCUT2D eigenvalue weighted by Crippen LogP contribution is 2.38. The lowest BCUT2D eigenvalue weighted by atomic mass is 10.0. The van der Waals surface area contributed by atoms with Gasteiger partial charge < -0.3 is 19.7 Å². The van der Waals surface area contributed by atoms with Crippen LogP contribution in [-0.2, 0) is 11.2 Å². The van der Waals surface area contributed by atoms with Gasteiger partial charge in [-0.25, -0.2) is 9.18 Å². The fourth-order valence-electron chi connectivity index (χ4n) is 4.59. The fourth-order valence-corrected chi connectivity index (χ4v) is 4.59. The summed E-state index contributed by atoms with van der Waals surface area (Å²) in [5.41, 5.74) is 2.82. The molecule has 1 atom stereocenters. The SMILES string of the molecule is COC(=O)c1cc(N2C[C@@H](CNCCc3cccc4ccccc34)Oc3ccccc32)ccc1F. The smallest absolute Gasteiger partial charge is 0.340 e. The van der Waals surface area contributed by atoms with Gasteiger partial charge in [0.05, 0.1) is 24.9 Å². The van der Waals surface area contributed by atoms with Gasteiger partial charge in [-0.2, -0.15) is 0 Å². The largest absolute Gasteiger partial charge is 0.485 e. The van der Waals surface area contributed by atoms with Crippen LogP contribution >= 0.6 is 0 Å².